The van der Waals surface area contributed by atoms with Crippen LogP contribution in [0.15, 0.2) is 41.8 Å². The van der Waals surface area contributed by atoms with E-state index in [1.54, 1.807) is 24.5 Å². The van der Waals surface area contributed by atoms with Crippen LogP contribution < -0.4 is 10.3 Å². The van der Waals surface area contributed by atoms with Crippen molar-refractivity contribution in [2.45, 2.75) is 52.5 Å². The fourth-order valence-corrected chi connectivity index (χ4v) is 4.11. The highest BCUT2D eigenvalue weighted by Crippen LogP contribution is 2.43. The third kappa shape index (κ3) is 3.87. The molecule has 0 radical (unpaired) electrons. The topological polar surface area (TPSA) is 57.6 Å². The Hall–Kier alpha value is -2.69. The number of aryl methyl sites for hydroxylation is 1. The lowest BCUT2D eigenvalue weighted by atomic mass is 9.79. The van der Waals surface area contributed by atoms with E-state index in [1.807, 2.05) is 0 Å². The number of hydrogen-bond donors (Lipinski definition) is 1. The molecule has 1 aromatic heterocycles. The van der Waals surface area contributed by atoms with E-state index in [1.165, 1.54) is 17.4 Å². The van der Waals surface area contributed by atoms with E-state index < -0.39 is 0 Å². The van der Waals surface area contributed by atoms with E-state index >= 15 is 0 Å². The minimum atomic E-state index is -0.262. The van der Waals surface area contributed by atoms with Crippen molar-refractivity contribution in [3.8, 4) is 0 Å². The van der Waals surface area contributed by atoms with E-state index in [4.69, 9.17) is 0 Å². The van der Waals surface area contributed by atoms with Crippen LogP contribution in [0.25, 0.3) is 0 Å². The van der Waals surface area contributed by atoms with Gasteiger partial charge in [0.15, 0.2) is 0 Å². The van der Waals surface area contributed by atoms with Gasteiger partial charge in [-0.2, -0.15) is 5.10 Å². The Morgan fingerprint density at radius 2 is 2.22 bits per heavy atom. The maximum absolute atomic E-state index is 12.1. The molecule has 0 saturated carbocycles. The number of pyridine rings is 1. The van der Waals surface area contributed by atoms with Crippen LogP contribution in [-0.4, -0.2) is 29.2 Å². The smallest absolute Gasteiger partial charge is 0.272 e. The number of carbonyl (C=O) groups is 1. The van der Waals surface area contributed by atoms with E-state index in [0.29, 0.717) is 11.5 Å². The van der Waals surface area contributed by atoms with Crippen LogP contribution in [0.3, 0.4) is 0 Å². The molecule has 27 heavy (non-hydrogen) atoms. The zero-order valence-electron chi connectivity index (χ0n) is 16.8. The lowest BCUT2D eigenvalue weighted by Crippen LogP contribution is -2.48. The molecule has 1 aromatic carbocycles. The number of fused-ring (bicyclic) bond motifs is 1. The summed E-state index contributed by atoms with van der Waals surface area (Å²) in [5.74, 6) is 0.220. The van der Waals surface area contributed by atoms with Crippen molar-refractivity contribution in [1.82, 2.24) is 10.4 Å². The van der Waals surface area contributed by atoms with Gasteiger partial charge in [-0.25, -0.2) is 5.43 Å². The molecule has 1 amide bonds. The van der Waals surface area contributed by atoms with Gasteiger partial charge in [0, 0.05) is 30.2 Å². The van der Waals surface area contributed by atoms with E-state index in [0.717, 1.165) is 24.1 Å². The number of amides is 1. The summed E-state index contributed by atoms with van der Waals surface area (Å²) in [6, 6.07) is 7.91. The number of hydrogen-bond acceptors (Lipinski definition) is 4. The number of nitrogens with zero attached hydrogens (tertiary/aromatic N) is 3. The second-order valence-corrected chi connectivity index (χ2v) is 7.87. The fourth-order valence-electron chi connectivity index (χ4n) is 4.11. The molecule has 0 aliphatic carbocycles. The zero-order valence-corrected chi connectivity index (χ0v) is 16.8. The molecule has 0 fully saturated rings. The summed E-state index contributed by atoms with van der Waals surface area (Å²) in [5, 5.41) is 4.15. The molecule has 3 rings (SSSR count). The minimum absolute atomic E-state index is 0.154. The molecule has 1 N–H and O–H groups in total. The standard InChI is InChI=1S/C22H28N4O/c1-6-26-20-10-15(2)18(11-19(20)16(3)12-22(26,4)5)14-24-25-21(27)17-8-7-9-23-13-17/h7-11,13-14,16H,6,12H2,1-5H3,(H,25,27)/b24-14-/t16-/m0/s1. The van der Waals surface area contributed by atoms with Gasteiger partial charge < -0.3 is 4.90 Å². The first kappa shape index (κ1) is 19.1. The highest BCUT2D eigenvalue weighted by molar-refractivity contribution is 5.94. The van der Waals surface area contributed by atoms with Gasteiger partial charge in [0.1, 0.15) is 0 Å². The largest absolute Gasteiger partial charge is 0.366 e. The number of anilines is 1. The Morgan fingerprint density at radius 1 is 1.44 bits per heavy atom. The highest BCUT2D eigenvalue weighted by Gasteiger charge is 2.35. The molecule has 0 bridgehead atoms. The maximum Gasteiger partial charge on any atom is 0.272 e. The van der Waals surface area contributed by atoms with Crippen LogP contribution in [0.2, 0.25) is 0 Å². The molecule has 142 valence electrons. The number of carbonyl (C=O) groups excluding carboxylic acids is 1. The Bertz CT molecular complexity index is 858. The second-order valence-electron chi connectivity index (χ2n) is 7.87. The van der Waals surface area contributed by atoms with Gasteiger partial charge in [0.05, 0.1) is 11.8 Å². The lowest BCUT2D eigenvalue weighted by Gasteiger charge is -2.47. The number of nitrogens with one attached hydrogen (secondary N) is 1. The van der Waals surface area contributed by atoms with Crippen LogP contribution in [0.1, 0.15) is 67.1 Å². The van der Waals surface area contributed by atoms with Crippen LogP contribution in [0.4, 0.5) is 5.69 Å². The van der Waals surface area contributed by atoms with Gasteiger partial charge in [-0.1, -0.05) is 6.92 Å². The molecule has 0 unspecified atom stereocenters. The Balaban J connectivity index is 1.84. The first-order valence-corrected chi connectivity index (χ1v) is 9.49. The van der Waals surface area contributed by atoms with Gasteiger partial charge in [0.25, 0.3) is 5.91 Å². The SMILES string of the molecule is CCN1c2cc(C)c(/C=N\NC(=O)c3cccnc3)cc2[C@@H](C)CC1(C)C. The molecule has 0 spiro atoms. The van der Waals surface area contributed by atoms with Gasteiger partial charge in [-0.15, -0.1) is 0 Å². The number of benzene rings is 1. The van der Waals surface area contributed by atoms with Gasteiger partial charge in [-0.3, -0.25) is 9.78 Å². The maximum atomic E-state index is 12.1. The predicted molar refractivity (Wildman–Crippen MR) is 111 cm³/mol. The summed E-state index contributed by atoms with van der Waals surface area (Å²) in [6.07, 6.45) is 6.01. The van der Waals surface area contributed by atoms with Gasteiger partial charge in [0.2, 0.25) is 0 Å². The molecular weight excluding hydrogens is 336 g/mol. The highest BCUT2D eigenvalue weighted by atomic mass is 16.2. The summed E-state index contributed by atoms with van der Waals surface area (Å²) in [7, 11) is 0. The van der Waals surface area contributed by atoms with Crippen molar-refractivity contribution in [1.29, 1.82) is 0 Å². The molecule has 1 aliphatic heterocycles. The minimum Gasteiger partial charge on any atom is -0.366 e. The van der Waals surface area contributed by atoms with Gasteiger partial charge >= 0.3 is 0 Å². The van der Waals surface area contributed by atoms with Crippen LogP contribution >= 0.6 is 0 Å². The van der Waals surface area contributed by atoms with E-state index in [9.17, 15) is 4.79 Å². The molecule has 5 nitrogen and oxygen atoms in total. The predicted octanol–water partition coefficient (Wildman–Crippen LogP) is 4.27. The summed E-state index contributed by atoms with van der Waals surface area (Å²) in [5.41, 5.74) is 8.07. The summed E-state index contributed by atoms with van der Waals surface area (Å²) in [6.45, 7) is 12.2. The second kappa shape index (κ2) is 7.51. The molecular formula is C22H28N4O. The molecule has 2 heterocycles. The van der Waals surface area contributed by atoms with Crippen molar-refractivity contribution < 1.29 is 4.79 Å². The first-order chi connectivity index (χ1) is 12.8. The zero-order chi connectivity index (χ0) is 19.6. The van der Waals surface area contributed by atoms with E-state index in [-0.39, 0.29) is 11.4 Å². The number of hydrazone groups is 1. The fraction of sp³-hybridized carbons (Fsp3) is 0.409. The number of rotatable bonds is 4. The lowest BCUT2D eigenvalue weighted by molar-refractivity contribution is 0.0955. The van der Waals surface area contributed by atoms with Crippen LogP contribution in [0, 0.1) is 6.92 Å². The quantitative estimate of drug-likeness (QED) is 0.651. The molecule has 1 atom stereocenters. The Morgan fingerprint density at radius 3 is 2.89 bits per heavy atom. The average molecular weight is 364 g/mol. The van der Waals surface area contributed by atoms with Crippen LogP contribution in [0.5, 0.6) is 0 Å². The van der Waals surface area contributed by atoms with Crippen molar-refractivity contribution in [3.63, 3.8) is 0 Å². The summed E-state index contributed by atoms with van der Waals surface area (Å²) >= 11 is 0. The molecule has 5 heteroatoms. The summed E-state index contributed by atoms with van der Waals surface area (Å²) < 4.78 is 0. The molecule has 0 saturated heterocycles. The van der Waals surface area contributed by atoms with Gasteiger partial charge in [-0.05, 0) is 81.0 Å². The third-order valence-electron chi connectivity index (χ3n) is 5.38. The molecule has 1 aliphatic rings. The first-order valence-electron chi connectivity index (χ1n) is 9.49. The number of aromatic nitrogens is 1. The normalized spacial score (nSPS) is 18.4. The Labute approximate surface area is 161 Å². The summed E-state index contributed by atoms with van der Waals surface area (Å²) in [4.78, 5) is 18.5. The Kier molecular flexibility index (Phi) is 5.31. The van der Waals surface area contributed by atoms with Crippen LogP contribution in [-0.2, 0) is 0 Å². The average Bonchev–Trinajstić information content (AvgIpc) is 2.63. The van der Waals surface area contributed by atoms with Crippen molar-refractivity contribution in [3.05, 3.63) is 58.9 Å². The third-order valence-corrected chi connectivity index (χ3v) is 5.38. The van der Waals surface area contributed by atoms with Crippen molar-refractivity contribution in [2.24, 2.45) is 5.10 Å². The van der Waals surface area contributed by atoms with E-state index in [2.05, 4.69) is 67.2 Å². The van der Waals surface area contributed by atoms with Crippen molar-refractivity contribution >= 4 is 17.8 Å². The van der Waals surface area contributed by atoms with Crippen molar-refractivity contribution in [2.75, 3.05) is 11.4 Å². The molecule has 2 aromatic rings. The monoisotopic (exact) mass is 364 g/mol.